The summed E-state index contributed by atoms with van der Waals surface area (Å²) in [4.78, 5) is 138. The summed E-state index contributed by atoms with van der Waals surface area (Å²) in [5.74, 6) is -1.89. The van der Waals surface area contributed by atoms with Crippen molar-refractivity contribution in [1.29, 1.82) is 0 Å². The number of piperazine rings is 1. The molecule has 3 aromatic carbocycles. The number of rotatable bonds is 31. The molecule has 0 bridgehead atoms. The van der Waals surface area contributed by atoms with Gasteiger partial charge >= 0.3 is 0 Å². The molecule has 0 radical (unpaired) electrons. The zero-order valence-corrected chi connectivity index (χ0v) is 59.6. The van der Waals surface area contributed by atoms with Gasteiger partial charge in [-0.3, -0.25) is 57.8 Å². The van der Waals surface area contributed by atoms with E-state index in [1.54, 1.807) is 56.6 Å². The van der Waals surface area contributed by atoms with Crippen LogP contribution < -0.4 is 42.8 Å². The predicted octanol–water partition coefficient (Wildman–Crippen LogP) is 3.05. The number of phenolic OH excluding ortho intramolecular Hbond substituents is 1. The number of nitrogens with zero attached hydrogens (tertiary/aromatic N) is 6. The maximum absolute atomic E-state index is 13.7. The Kier molecular flexibility index (Phi) is 44.8. The highest BCUT2D eigenvalue weighted by Crippen LogP contribution is 2.25. The van der Waals surface area contributed by atoms with Gasteiger partial charge in [-0.15, -0.1) is 0 Å². The zero-order chi connectivity index (χ0) is 73.5. The van der Waals surface area contributed by atoms with E-state index in [1.807, 2.05) is 103 Å². The number of nitrogens with one attached hydrogen (secondary N) is 5. The van der Waals surface area contributed by atoms with Gasteiger partial charge in [-0.1, -0.05) is 84.0 Å². The number of carbonyl (C=O) groups excluding carboxylic acids is 11. The summed E-state index contributed by atoms with van der Waals surface area (Å²) in [6, 6.07) is 19.7. The number of fused-ring (bicyclic) bond motifs is 1. The number of unbranched alkanes of at least 4 members (excludes halogenated alkanes) is 1. The van der Waals surface area contributed by atoms with Crippen molar-refractivity contribution in [2.45, 2.75) is 136 Å². The standard InChI is InChI=1S/C31H43N5O7.C18H28N4O3.C14H20N4O3.3C2H6.CH2O/c1-21(37)36(2)16-4-3-5-26(29(41)33-15-12-27(32)39)34-30(42)31(13-17-43-18-14-31)35-28(40)11-7-22-6-8-24-20-25(38)10-9-23(24)19-22;1-22(2)10-7-21(8-11-22)9-12-25-16-5-3-15(4-6-16)13-17(18(19)24)20-14-23;1-17(2)13(20)9-18(3)14(21)12(16-10-19)7-11-5-4-6-15-8-11;4*1-2/h6,8-10,19-20,26,38H,3-5,7,11-18H2,1-2H3,(H2,32,39)(H,33,41)(H,34,42)(H,35,40);3-6,14,17H,7-13H2,1-2H3,(H2-,19,20,23,24);4-6,8,10,12H,7,9H2,1-3H3,(H,16,19);3*1-2H3;1H2/p+1/t26-;17-;12-;;;;/m000..../s1. The first kappa shape index (κ1) is 87.9. The molecule has 27 heteroatoms. The number of pyridine rings is 1. The molecule has 10 N–H and O–H groups in total. The molecule has 3 atom stereocenters. The van der Waals surface area contributed by atoms with E-state index < -0.39 is 47.3 Å². The first-order chi connectivity index (χ1) is 46.3. The lowest BCUT2D eigenvalue weighted by Gasteiger charge is -2.38. The normalized spacial score (nSPS) is 14.0. The number of quaternary nitrogens is 1. The Hall–Kier alpha value is -9.08. The Labute approximate surface area is 574 Å². The Balaban J connectivity index is 0.00000145. The van der Waals surface area contributed by atoms with Crippen LogP contribution in [0.1, 0.15) is 110 Å². The van der Waals surface area contributed by atoms with Crippen LogP contribution in [-0.4, -0.2) is 239 Å². The quantitative estimate of drug-likeness (QED) is 0.0204. The van der Waals surface area contributed by atoms with Crippen LogP contribution in [0.4, 0.5) is 0 Å². The average Bonchev–Trinajstić information content (AvgIpc) is 0.821. The Morgan fingerprint density at radius 1 is 0.763 bits per heavy atom. The third-order valence-electron chi connectivity index (χ3n) is 15.4. The van der Waals surface area contributed by atoms with E-state index in [1.165, 1.54) is 36.9 Å². The second-order valence-electron chi connectivity index (χ2n) is 23.1. The molecule has 4 aromatic rings. The molecule has 2 aliphatic rings. The second-order valence-corrected chi connectivity index (χ2v) is 23.1. The summed E-state index contributed by atoms with van der Waals surface area (Å²) in [6.45, 7) is 22.7. The third-order valence-corrected chi connectivity index (χ3v) is 15.4. The van der Waals surface area contributed by atoms with Crippen LogP contribution in [0.25, 0.3) is 10.8 Å². The van der Waals surface area contributed by atoms with Gasteiger partial charge in [0.1, 0.15) is 48.6 Å². The fourth-order valence-electron chi connectivity index (χ4n) is 9.59. The Bertz CT molecular complexity index is 2980. The number of aryl methyl sites for hydroxylation is 1. The van der Waals surface area contributed by atoms with Gasteiger partial charge in [-0.25, -0.2) is 0 Å². The molecule has 10 amide bonds. The fourth-order valence-corrected chi connectivity index (χ4v) is 9.59. The summed E-state index contributed by atoms with van der Waals surface area (Å²) >= 11 is 0. The average molecular weight is 1360 g/mol. The van der Waals surface area contributed by atoms with Crippen LogP contribution in [0, 0.1) is 0 Å². The largest absolute Gasteiger partial charge is 0.508 e. The van der Waals surface area contributed by atoms with Crippen molar-refractivity contribution in [3.8, 4) is 11.5 Å². The minimum Gasteiger partial charge on any atom is -0.508 e. The summed E-state index contributed by atoms with van der Waals surface area (Å²) in [5, 5.41) is 24.9. The second kappa shape index (κ2) is 49.4. The molecule has 0 aliphatic carbocycles. The van der Waals surface area contributed by atoms with Gasteiger partial charge in [0.2, 0.25) is 60.1 Å². The number of aromatic nitrogens is 1. The van der Waals surface area contributed by atoms with Crippen molar-refractivity contribution in [3.05, 3.63) is 102 Å². The number of hydrogen-bond donors (Lipinski definition) is 8. The molecule has 6 rings (SSSR count). The number of nitrogens with two attached hydrogens (primary N) is 2. The van der Waals surface area contributed by atoms with Crippen molar-refractivity contribution >= 4 is 77.6 Å². The van der Waals surface area contributed by atoms with Gasteiger partial charge in [0.15, 0.2) is 0 Å². The van der Waals surface area contributed by atoms with Crippen molar-refractivity contribution in [2.24, 2.45) is 11.5 Å². The number of benzene rings is 3. The van der Waals surface area contributed by atoms with Crippen molar-refractivity contribution in [2.75, 3.05) is 114 Å². The van der Waals surface area contributed by atoms with Gasteiger partial charge in [-0.2, -0.15) is 0 Å². The van der Waals surface area contributed by atoms with Crippen LogP contribution in [0.2, 0.25) is 0 Å². The van der Waals surface area contributed by atoms with Crippen molar-refractivity contribution in [3.63, 3.8) is 0 Å². The lowest BCUT2D eigenvalue weighted by Crippen LogP contribution is -2.63. The first-order valence-electron chi connectivity index (χ1n) is 33.1. The molecule has 2 aliphatic heterocycles. The van der Waals surface area contributed by atoms with Crippen LogP contribution in [0.5, 0.6) is 11.5 Å². The minimum absolute atomic E-state index is 0.0318. The Morgan fingerprint density at radius 3 is 1.92 bits per heavy atom. The molecule has 97 heavy (non-hydrogen) atoms. The summed E-state index contributed by atoms with van der Waals surface area (Å²) in [5.41, 5.74) is 11.9. The summed E-state index contributed by atoms with van der Waals surface area (Å²) in [7, 11) is 11.0. The van der Waals surface area contributed by atoms with E-state index in [9.17, 15) is 53.1 Å². The van der Waals surface area contributed by atoms with E-state index in [2.05, 4.69) is 50.6 Å². The minimum atomic E-state index is -1.24. The zero-order valence-electron chi connectivity index (χ0n) is 59.6. The lowest BCUT2D eigenvalue weighted by molar-refractivity contribution is -0.894. The molecule has 1 aromatic heterocycles. The van der Waals surface area contributed by atoms with Gasteiger partial charge in [0, 0.05) is 132 Å². The molecular formula is C70H112N13O14+. The van der Waals surface area contributed by atoms with Crippen molar-refractivity contribution in [1.82, 2.24) is 51.2 Å². The molecule has 0 spiro atoms. The smallest absolute Gasteiger partial charge is 0.246 e. The van der Waals surface area contributed by atoms with Gasteiger partial charge < -0.3 is 76.6 Å². The highest BCUT2D eigenvalue weighted by molar-refractivity contribution is 5.95. The SMILES string of the molecule is C=O.CC.CC.CC.CC(=O)N(C)CCCC[C@H](NC(=O)C1(NC(=O)CCc2ccc3cc(O)ccc3c2)CCOCC1)C(=O)NCCC(N)=O.CN(C)C(=O)CN(C)C(=O)[C@H](Cc1cccnc1)NC=O.C[N+]1(C)CCN(CCOc2ccc(C[C@H](NC=O)C(N)=O)cc2)CC1. The van der Waals surface area contributed by atoms with E-state index in [0.29, 0.717) is 64.5 Å². The topological polar surface area (TPSA) is 364 Å². The molecular weight excluding hydrogens is 1250 g/mol. The molecule has 2 fully saturated rings. The van der Waals surface area contributed by atoms with Crippen molar-refractivity contribution < 1.29 is 71.8 Å². The van der Waals surface area contributed by atoms with Crippen LogP contribution in [-0.2, 0) is 76.7 Å². The fraction of sp³-hybridized carbons (Fsp3) is 0.543. The molecule has 0 saturated carbocycles. The highest BCUT2D eigenvalue weighted by Gasteiger charge is 2.43. The number of likely N-dealkylation sites (N-methyl/N-ethyl adjacent to an activating group) is 3. The third kappa shape index (κ3) is 35.0. The lowest BCUT2D eigenvalue weighted by atomic mass is 9.88. The van der Waals surface area contributed by atoms with Gasteiger partial charge in [0.25, 0.3) is 0 Å². The number of amides is 10. The molecule has 0 unspecified atom stereocenters. The van der Waals surface area contributed by atoms with Gasteiger partial charge in [0.05, 0.1) is 33.7 Å². The monoisotopic (exact) mass is 1360 g/mol. The van der Waals surface area contributed by atoms with E-state index in [4.69, 9.17) is 25.7 Å². The van der Waals surface area contributed by atoms with E-state index in [0.717, 1.165) is 57.3 Å². The van der Waals surface area contributed by atoms with Gasteiger partial charge in [-0.05, 0) is 83.5 Å². The number of hydrogen-bond acceptors (Lipinski definition) is 16. The highest BCUT2D eigenvalue weighted by atomic mass is 16.5. The maximum atomic E-state index is 13.7. The summed E-state index contributed by atoms with van der Waals surface area (Å²) < 4.78 is 12.4. The predicted molar refractivity (Wildman–Crippen MR) is 375 cm³/mol. The number of carbonyl (C=O) groups is 11. The number of primary amides is 2. The molecule has 540 valence electrons. The number of phenols is 1. The van der Waals surface area contributed by atoms with Crippen LogP contribution in [0.3, 0.4) is 0 Å². The maximum Gasteiger partial charge on any atom is 0.246 e. The summed E-state index contributed by atoms with van der Waals surface area (Å²) in [6.07, 6.45) is 7.52. The number of aromatic hydroxyl groups is 1. The van der Waals surface area contributed by atoms with E-state index >= 15 is 0 Å². The molecule has 27 nitrogen and oxygen atoms in total. The molecule has 3 heterocycles. The Morgan fingerprint density at radius 2 is 1.35 bits per heavy atom. The number of ether oxygens (including phenoxy) is 2. The molecule has 2 saturated heterocycles. The van der Waals surface area contributed by atoms with Crippen LogP contribution in [0.15, 0.2) is 85.2 Å². The first-order valence-corrected chi connectivity index (χ1v) is 33.1. The van der Waals surface area contributed by atoms with E-state index in [-0.39, 0.29) is 81.4 Å². The van der Waals surface area contributed by atoms with Crippen LogP contribution >= 0.6 is 0 Å².